The van der Waals surface area contributed by atoms with Crippen LogP contribution in [0.15, 0.2) is 69.5 Å². The lowest BCUT2D eigenvalue weighted by Gasteiger charge is -2.45. The van der Waals surface area contributed by atoms with Crippen LogP contribution in [0.4, 0.5) is 0 Å². The molecule has 0 saturated heterocycles. The third kappa shape index (κ3) is 4.16. The molecule has 2 aromatic rings. The van der Waals surface area contributed by atoms with Gasteiger partial charge in [0.25, 0.3) is 0 Å². The van der Waals surface area contributed by atoms with E-state index in [9.17, 15) is 4.79 Å². The minimum absolute atomic E-state index is 0.132. The maximum absolute atomic E-state index is 13.8. The molecular weight excluding hydrogens is 374 g/mol. The number of hydrogen-bond acceptors (Lipinski definition) is 2. The second-order valence-corrected chi connectivity index (χ2v) is 10.4. The monoisotopic (exact) mass is 405 g/mol. The first-order valence-electron chi connectivity index (χ1n) is 10.7. The van der Waals surface area contributed by atoms with Crippen LogP contribution in [-0.2, 0) is 4.79 Å². The average molecular weight is 406 g/mol. The van der Waals surface area contributed by atoms with Gasteiger partial charge in [-0.2, -0.15) is 0 Å². The van der Waals surface area contributed by atoms with Crippen LogP contribution < -0.4 is 0 Å². The quantitative estimate of drug-likeness (QED) is 0.527. The molecule has 0 radical (unpaired) electrons. The van der Waals surface area contributed by atoms with E-state index in [1.54, 1.807) is 11.8 Å². The van der Waals surface area contributed by atoms with Gasteiger partial charge in [0.05, 0.1) is 5.92 Å². The Kier molecular flexibility index (Phi) is 5.61. The predicted octanol–water partition coefficient (Wildman–Crippen LogP) is 6.74. The molecule has 3 heteroatoms. The molecule has 0 aromatic heterocycles. The summed E-state index contributed by atoms with van der Waals surface area (Å²) in [5, 5.41) is 0. The number of carbonyl (C=O) groups excluding carboxylic acids is 1. The van der Waals surface area contributed by atoms with Gasteiger partial charge in [-0.05, 0) is 77.1 Å². The van der Waals surface area contributed by atoms with E-state index in [0.717, 1.165) is 19.4 Å². The Bertz CT molecular complexity index is 936. The molecule has 2 aliphatic rings. The van der Waals surface area contributed by atoms with Gasteiger partial charge < -0.3 is 4.90 Å². The summed E-state index contributed by atoms with van der Waals surface area (Å²) in [4.78, 5) is 18.3. The van der Waals surface area contributed by atoms with Gasteiger partial charge in [-0.3, -0.25) is 4.79 Å². The van der Waals surface area contributed by atoms with Crippen molar-refractivity contribution in [2.45, 2.75) is 74.6 Å². The highest BCUT2D eigenvalue weighted by molar-refractivity contribution is 7.99. The third-order valence-electron chi connectivity index (χ3n) is 6.13. The topological polar surface area (TPSA) is 20.3 Å². The lowest BCUT2D eigenvalue weighted by atomic mass is 9.76. The average Bonchev–Trinajstić information content (AvgIpc) is 2.69. The van der Waals surface area contributed by atoms with Gasteiger partial charge in [-0.1, -0.05) is 58.8 Å². The highest BCUT2D eigenvalue weighted by atomic mass is 32.2. The van der Waals surface area contributed by atoms with E-state index >= 15 is 0 Å². The second kappa shape index (κ2) is 8.02. The molecule has 1 aliphatic carbocycles. The van der Waals surface area contributed by atoms with Crippen LogP contribution in [0.3, 0.4) is 0 Å². The summed E-state index contributed by atoms with van der Waals surface area (Å²) in [6.07, 6.45) is 4.65. The van der Waals surface area contributed by atoms with Gasteiger partial charge in [-0.15, -0.1) is 0 Å². The summed E-state index contributed by atoms with van der Waals surface area (Å²) in [6.45, 7) is 9.39. The maximum Gasteiger partial charge on any atom is 0.235 e. The highest BCUT2D eigenvalue weighted by Gasteiger charge is 2.41. The summed E-state index contributed by atoms with van der Waals surface area (Å²) >= 11 is 1.77. The normalized spacial score (nSPS) is 20.1. The molecular formula is C26H31NOS. The maximum atomic E-state index is 13.8. The number of amides is 1. The van der Waals surface area contributed by atoms with Crippen LogP contribution >= 0.6 is 11.8 Å². The van der Waals surface area contributed by atoms with E-state index in [1.165, 1.54) is 44.9 Å². The summed E-state index contributed by atoms with van der Waals surface area (Å²) in [5.41, 5.74) is 5.18. The molecule has 1 atom stereocenters. The standard InChI is InChI=1S/C26H31NOS/c1-18-13-15-20(16-14-18)29-23-12-8-7-11-22(23)24-21-10-6-5-9-19(21)17-27(25(24)28)26(2,3)4/h7-8,11-16,24H,5-6,9-10,17H2,1-4H3. The van der Waals surface area contributed by atoms with Crippen molar-refractivity contribution < 1.29 is 4.79 Å². The minimum atomic E-state index is -0.162. The van der Waals surface area contributed by atoms with Crippen molar-refractivity contribution in [2.75, 3.05) is 6.54 Å². The van der Waals surface area contributed by atoms with E-state index in [1.807, 2.05) is 0 Å². The van der Waals surface area contributed by atoms with Gasteiger partial charge in [0.2, 0.25) is 5.91 Å². The molecule has 1 heterocycles. The van der Waals surface area contributed by atoms with Crippen molar-refractivity contribution in [2.24, 2.45) is 0 Å². The van der Waals surface area contributed by atoms with Crippen molar-refractivity contribution in [3.05, 3.63) is 70.8 Å². The molecule has 0 spiro atoms. The van der Waals surface area contributed by atoms with E-state index < -0.39 is 0 Å². The van der Waals surface area contributed by atoms with E-state index in [4.69, 9.17) is 0 Å². The zero-order valence-corrected chi connectivity index (χ0v) is 18.8. The zero-order valence-electron chi connectivity index (χ0n) is 18.0. The molecule has 2 nitrogen and oxygen atoms in total. The lowest BCUT2D eigenvalue weighted by molar-refractivity contribution is -0.137. The Labute approximate surface area is 179 Å². The number of carbonyl (C=O) groups is 1. The largest absolute Gasteiger partial charge is 0.333 e. The molecule has 0 fully saturated rings. The Morgan fingerprint density at radius 3 is 2.38 bits per heavy atom. The number of hydrogen-bond donors (Lipinski definition) is 0. The fraction of sp³-hybridized carbons (Fsp3) is 0.423. The fourth-order valence-corrected chi connectivity index (χ4v) is 5.50. The molecule has 1 aliphatic heterocycles. The van der Waals surface area contributed by atoms with Crippen molar-refractivity contribution in [3.8, 4) is 0 Å². The second-order valence-electron chi connectivity index (χ2n) is 9.32. The predicted molar refractivity (Wildman–Crippen MR) is 121 cm³/mol. The van der Waals surface area contributed by atoms with E-state index in [-0.39, 0.29) is 17.4 Å². The molecule has 29 heavy (non-hydrogen) atoms. The molecule has 1 amide bonds. The van der Waals surface area contributed by atoms with Crippen LogP contribution in [-0.4, -0.2) is 22.9 Å². The van der Waals surface area contributed by atoms with Crippen molar-refractivity contribution in [3.63, 3.8) is 0 Å². The number of benzene rings is 2. The molecule has 4 rings (SSSR count). The van der Waals surface area contributed by atoms with Gasteiger partial charge in [0, 0.05) is 21.9 Å². The first kappa shape index (κ1) is 20.3. The first-order valence-corrected chi connectivity index (χ1v) is 11.5. The molecule has 0 bridgehead atoms. The SMILES string of the molecule is Cc1ccc(Sc2ccccc2C2C(=O)N(C(C)(C)C)CC3=C2CCCC3)cc1. The first-order chi connectivity index (χ1) is 13.8. The van der Waals surface area contributed by atoms with Gasteiger partial charge in [0.1, 0.15) is 0 Å². The van der Waals surface area contributed by atoms with Crippen molar-refractivity contribution in [1.29, 1.82) is 0 Å². The van der Waals surface area contributed by atoms with Crippen molar-refractivity contribution >= 4 is 17.7 Å². The van der Waals surface area contributed by atoms with Crippen LogP contribution in [0.2, 0.25) is 0 Å². The van der Waals surface area contributed by atoms with Crippen LogP contribution in [0.25, 0.3) is 0 Å². The molecule has 0 N–H and O–H groups in total. The summed E-state index contributed by atoms with van der Waals surface area (Å²) in [5.74, 6) is 0.141. The van der Waals surface area contributed by atoms with E-state index in [0.29, 0.717) is 0 Å². The van der Waals surface area contributed by atoms with E-state index in [2.05, 4.69) is 81.1 Å². The number of rotatable bonds is 3. The number of aryl methyl sites for hydroxylation is 1. The van der Waals surface area contributed by atoms with Crippen LogP contribution in [0, 0.1) is 6.92 Å². The third-order valence-corrected chi connectivity index (χ3v) is 7.23. The van der Waals surface area contributed by atoms with Gasteiger partial charge in [-0.25, -0.2) is 0 Å². The van der Waals surface area contributed by atoms with Crippen LogP contribution in [0.5, 0.6) is 0 Å². The smallest absolute Gasteiger partial charge is 0.235 e. The minimum Gasteiger partial charge on any atom is -0.333 e. The van der Waals surface area contributed by atoms with Gasteiger partial charge in [0.15, 0.2) is 0 Å². The molecule has 1 unspecified atom stereocenters. The fourth-order valence-electron chi connectivity index (χ4n) is 4.53. The van der Waals surface area contributed by atoms with Crippen LogP contribution in [0.1, 0.15) is 63.5 Å². The van der Waals surface area contributed by atoms with Gasteiger partial charge >= 0.3 is 0 Å². The Balaban J connectivity index is 1.77. The summed E-state index contributed by atoms with van der Waals surface area (Å²) in [6, 6.07) is 17.2. The highest BCUT2D eigenvalue weighted by Crippen LogP contribution is 2.45. The molecule has 2 aromatic carbocycles. The molecule has 0 saturated carbocycles. The summed E-state index contributed by atoms with van der Waals surface area (Å²) in [7, 11) is 0. The summed E-state index contributed by atoms with van der Waals surface area (Å²) < 4.78 is 0. The molecule has 152 valence electrons. The zero-order chi connectivity index (χ0) is 20.6. The Morgan fingerprint density at radius 2 is 1.66 bits per heavy atom. The van der Waals surface area contributed by atoms with Crippen molar-refractivity contribution in [1.82, 2.24) is 4.90 Å². The lowest BCUT2D eigenvalue weighted by Crippen LogP contribution is -2.51. The number of nitrogens with zero attached hydrogens (tertiary/aromatic N) is 1. The Morgan fingerprint density at radius 1 is 0.966 bits per heavy atom. The Hall–Kier alpha value is -2.00.